The standard InChI is InChI=1S/C27H26FNO5/c1-15-13-20-24(25(30)21(15)26(31)33-3)23(18-11-7-8-12-19(18)28)22(16(2)29-20)27(32)34-14-17-9-5-4-6-10-17/h4-12,15,21,23,29H,13-14H2,1-3H3/t15-,21-,23+/m0/s1. The first kappa shape index (κ1) is 23.4. The number of dihydropyridines is 1. The maximum atomic E-state index is 15.1. The van der Waals surface area contributed by atoms with Crippen LogP contribution in [-0.2, 0) is 30.5 Å². The third-order valence-electron chi connectivity index (χ3n) is 6.39. The molecule has 0 amide bonds. The maximum absolute atomic E-state index is 15.1. The second kappa shape index (κ2) is 9.63. The smallest absolute Gasteiger partial charge is 0.337 e. The largest absolute Gasteiger partial charge is 0.468 e. The summed E-state index contributed by atoms with van der Waals surface area (Å²) in [5.74, 6) is -4.67. The maximum Gasteiger partial charge on any atom is 0.337 e. The van der Waals surface area contributed by atoms with Gasteiger partial charge in [0.2, 0.25) is 0 Å². The quantitative estimate of drug-likeness (QED) is 0.529. The number of hydrogen-bond acceptors (Lipinski definition) is 6. The highest BCUT2D eigenvalue weighted by atomic mass is 19.1. The van der Waals surface area contributed by atoms with Gasteiger partial charge in [-0.25, -0.2) is 9.18 Å². The molecule has 2 aliphatic rings. The number of nitrogens with one attached hydrogen (secondary N) is 1. The second-order valence-electron chi connectivity index (χ2n) is 8.62. The van der Waals surface area contributed by atoms with E-state index in [1.807, 2.05) is 30.3 Å². The van der Waals surface area contributed by atoms with Crippen molar-refractivity contribution in [2.45, 2.75) is 32.8 Å². The third kappa shape index (κ3) is 4.25. The van der Waals surface area contributed by atoms with Gasteiger partial charge in [0.05, 0.1) is 18.6 Å². The van der Waals surface area contributed by atoms with E-state index in [2.05, 4.69) is 5.32 Å². The van der Waals surface area contributed by atoms with Crippen LogP contribution in [-0.4, -0.2) is 24.8 Å². The van der Waals surface area contributed by atoms with Gasteiger partial charge in [0, 0.05) is 22.5 Å². The van der Waals surface area contributed by atoms with E-state index in [0.29, 0.717) is 17.8 Å². The Morgan fingerprint density at radius 1 is 1.09 bits per heavy atom. The van der Waals surface area contributed by atoms with Crippen LogP contribution in [0.3, 0.4) is 0 Å². The van der Waals surface area contributed by atoms with Gasteiger partial charge in [-0.1, -0.05) is 55.5 Å². The second-order valence-corrected chi connectivity index (χ2v) is 8.62. The molecule has 0 fully saturated rings. The molecule has 1 N–H and O–H groups in total. The summed E-state index contributed by atoms with van der Waals surface area (Å²) in [5.41, 5.74) is 2.40. The number of hydrogen-bond donors (Lipinski definition) is 1. The van der Waals surface area contributed by atoms with Crippen molar-refractivity contribution >= 4 is 17.7 Å². The first-order chi connectivity index (χ1) is 16.3. The lowest BCUT2D eigenvalue weighted by Gasteiger charge is -2.38. The minimum atomic E-state index is -1.03. The number of allylic oxidation sites excluding steroid dienone is 3. The van der Waals surface area contributed by atoms with Gasteiger partial charge in [0.25, 0.3) is 0 Å². The van der Waals surface area contributed by atoms with Crippen molar-refractivity contribution in [3.05, 3.63) is 94.1 Å². The number of esters is 2. The van der Waals surface area contributed by atoms with Crippen LogP contribution in [0.4, 0.5) is 4.39 Å². The number of ketones is 1. The lowest BCUT2D eigenvalue weighted by molar-refractivity contribution is -0.151. The van der Waals surface area contributed by atoms with Crippen molar-refractivity contribution in [1.82, 2.24) is 5.32 Å². The molecule has 2 aromatic rings. The SMILES string of the molecule is COC(=O)[C@@H]1C(=O)C2=C(C[C@@H]1C)NC(C)=C(C(=O)OCc1ccccc1)[C@H]2c1ccccc1F. The first-order valence-electron chi connectivity index (χ1n) is 11.1. The molecule has 4 rings (SSSR count). The van der Waals surface area contributed by atoms with Gasteiger partial charge in [-0.15, -0.1) is 0 Å². The molecule has 0 aromatic heterocycles. The molecule has 0 saturated heterocycles. The number of rotatable bonds is 5. The van der Waals surface area contributed by atoms with Crippen molar-refractivity contribution in [1.29, 1.82) is 0 Å². The summed E-state index contributed by atoms with van der Waals surface area (Å²) < 4.78 is 25.5. The van der Waals surface area contributed by atoms with Gasteiger partial charge >= 0.3 is 11.9 Å². The molecule has 0 radical (unpaired) electrons. The highest BCUT2D eigenvalue weighted by Gasteiger charge is 2.47. The summed E-state index contributed by atoms with van der Waals surface area (Å²) in [6, 6.07) is 15.2. The van der Waals surface area contributed by atoms with Crippen LogP contribution in [0.15, 0.2) is 77.1 Å². The molecule has 1 heterocycles. The molecule has 1 aliphatic heterocycles. The average molecular weight is 464 g/mol. The summed E-state index contributed by atoms with van der Waals surface area (Å²) in [6.45, 7) is 3.53. The van der Waals surface area contributed by atoms with Crippen LogP contribution in [0.5, 0.6) is 0 Å². The Balaban J connectivity index is 1.78. The van der Waals surface area contributed by atoms with Crippen molar-refractivity contribution < 1.29 is 28.2 Å². The lowest BCUT2D eigenvalue weighted by Crippen LogP contribution is -2.43. The molecule has 1 aliphatic carbocycles. The van der Waals surface area contributed by atoms with Crippen molar-refractivity contribution in [2.75, 3.05) is 7.11 Å². The summed E-state index contributed by atoms with van der Waals surface area (Å²) in [7, 11) is 1.23. The highest BCUT2D eigenvalue weighted by molar-refractivity contribution is 6.12. The Labute approximate surface area is 197 Å². The molecule has 176 valence electrons. The number of halogens is 1. The zero-order valence-electron chi connectivity index (χ0n) is 19.3. The highest BCUT2D eigenvalue weighted by Crippen LogP contribution is 2.46. The van der Waals surface area contributed by atoms with E-state index in [1.54, 1.807) is 32.0 Å². The zero-order chi connectivity index (χ0) is 24.4. The third-order valence-corrected chi connectivity index (χ3v) is 6.39. The monoisotopic (exact) mass is 463 g/mol. The minimum Gasteiger partial charge on any atom is -0.468 e. The van der Waals surface area contributed by atoms with E-state index in [4.69, 9.17) is 9.47 Å². The van der Waals surface area contributed by atoms with Crippen LogP contribution in [0.1, 0.15) is 37.3 Å². The van der Waals surface area contributed by atoms with Crippen LogP contribution in [0.2, 0.25) is 0 Å². The van der Waals surface area contributed by atoms with E-state index in [9.17, 15) is 14.4 Å². The molecule has 0 saturated carbocycles. The number of methoxy groups -OCH3 is 1. The lowest BCUT2D eigenvalue weighted by atomic mass is 9.69. The van der Waals surface area contributed by atoms with Gasteiger partial charge in [0.15, 0.2) is 5.78 Å². The minimum absolute atomic E-state index is 0.0299. The molecule has 0 spiro atoms. The van der Waals surface area contributed by atoms with E-state index in [1.165, 1.54) is 13.2 Å². The van der Waals surface area contributed by atoms with Gasteiger partial charge in [-0.2, -0.15) is 0 Å². The summed E-state index contributed by atoms with van der Waals surface area (Å²) >= 11 is 0. The predicted octanol–water partition coefficient (Wildman–Crippen LogP) is 4.18. The molecule has 7 heteroatoms. The molecule has 0 unspecified atom stereocenters. The Kier molecular flexibility index (Phi) is 6.63. The number of Topliss-reactive ketones (excluding diaryl/α,β-unsaturated/α-hetero) is 1. The number of carbonyl (C=O) groups excluding carboxylic acids is 3. The Hall–Kier alpha value is -3.74. The van der Waals surface area contributed by atoms with Gasteiger partial charge in [0.1, 0.15) is 18.3 Å². The molecule has 34 heavy (non-hydrogen) atoms. The van der Waals surface area contributed by atoms with Crippen LogP contribution >= 0.6 is 0 Å². The van der Waals surface area contributed by atoms with Crippen LogP contribution in [0.25, 0.3) is 0 Å². The van der Waals surface area contributed by atoms with Crippen LogP contribution in [0, 0.1) is 17.7 Å². The normalized spacial score (nSPS) is 22.1. The van der Waals surface area contributed by atoms with E-state index in [-0.39, 0.29) is 29.2 Å². The molecule has 0 bridgehead atoms. The molecule has 3 atom stereocenters. The Bertz CT molecular complexity index is 1200. The Morgan fingerprint density at radius 2 is 1.76 bits per heavy atom. The topological polar surface area (TPSA) is 81.7 Å². The first-order valence-corrected chi connectivity index (χ1v) is 11.1. The number of carbonyl (C=O) groups is 3. The van der Waals surface area contributed by atoms with E-state index < -0.39 is 35.4 Å². The number of ether oxygens (including phenoxy) is 2. The van der Waals surface area contributed by atoms with Crippen molar-refractivity contribution in [3.63, 3.8) is 0 Å². The fourth-order valence-corrected chi connectivity index (χ4v) is 4.77. The zero-order valence-corrected chi connectivity index (χ0v) is 19.3. The average Bonchev–Trinajstić information content (AvgIpc) is 2.82. The summed E-state index contributed by atoms with van der Waals surface area (Å²) in [6.07, 6.45) is 0.384. The van der Waals surface area contributed by atoms with Crippen LogP contribution < -0.4 is 5.32 Å². The fourth-order valence-electron chi connectivity index (χ4n) is 4.77. The summed E-state index contributed by atoms with van der Waals surface area (Å²) in [4.78, 5) is 39.4. The summed E-state index contributed by atoms with van der Waals surface area (Å²) in [5, 5.41) is 3.17. The van der Waals surface area contributed by atoms with E-state index in [0.717, 1.165) is 5.56 Å². The van der Waals surface area contributed by atoms with Gasteiger partial charge in [-0.05, 0) is 30.9 Å². The predicted molar refractivity (Wildman–Crippen MR) is 123 cm³/mol. The Morgan fingerprint density at radius 3 is 2.44 bits per heavy atom. The van der Waals surface area contributed by atoms with Gasteiger partial charge in [-0.3, -0.25) is 9.59 Å². The van der Waals surface area contributed by atoms with Crippen molar-refractivity contribution in [3.8, 4) is 0 Å². The molecule has 2 aromatic carbocycles. The molecular weight excluding hydrogens is 437 g/mol. The molecule has 6 nitrogen and oxygen atoms in total. The fraction of sp³-hybridized carbons (Fsp3) is 0.296. The number of benzene rings is 2. The molecular formula is C27H26FNO5. The van der Waals surface area contributed by atoms with Gasteiger partial charge < -0.3 is 14.8 Å². The van der Waals surface area contributed by atoms with Crippen molar-refractivity contribution in [2.24, 2.45) is 11.8 Å². The van der Waals surface area contributed by atoms with E-state index >= 15 is 4.39 Å².